The van der Waals surface area contributed by atoms with Crippen LogP contribution in [0.25, 0.3) is 0 Å². The molecule has 2 aromatic rings. The zero-order valence-corrected chi connectivity index (χ0v) is 15.8. The maximum Gasteiger partial charge on any atom is 0.310 e. The highest BCUT2D eigenvalue weighted by atomic mass is 16.5. The van der Waals surface area contributed by atoms with E-state index in [-0.39, 0.29) is 12.4 Å². The van der Waals surface area contributed by atoms with Crippen molar-refractivity contribution < 1.29 is 9.53 Å². The molecule has 6 nitrogen and oxygen atoms in total. The Labute approximate surface area is 149 Å². The SMILES string of the molecule is COC(=O)Cc1c(N(C)C)n[13c](Cc2ccc(C)cc2)nc1N(C)C. The van der Waals surface area contributed by atoms with Gasteiger partial charge in [-0.1, -0.05) is 29.8 Å². The molecule has 0 fully saturated rings. The predicted octanol–water partition coefficient (Wildman–Crippen LogP) is 2.22. The van der Waals surface area contributed by atoms with Gasteiger partial charge in [0.15, 0.2) is 0 Å². The normalized spacial score (nSPS) is 10.5. The predicted molar refractivity (Wildman–Crippen MR) is 100 cm³/mol. The average Bonchev–Trinajstić information content (AvgIpc) is 2.57. The molecule has 0 bridgehead atoms. The standard InChI is InChI=1S/C19H26N4O2/c1-13-7-9-14(10-8-13)11-16-20-18(22(2)3)15(12-17(24)25-6)19(21-16)23(4)5/h7-10H,11-12H2,1-6H3/i16+1. The number of carbonyl (C=O) groups excluding carboxylic acids is 1. The molecule has 0 spiro atoms. The van der Waals surface area contributed by atoms with Crippen molar-refractivity contribution in [3.8, 4) is 0 Å². The van der Waals surface area contributed by atoms with Gasteiger partial charge in [-0.05, 0) is 12.5 Å². The van der Waals surface area contributed by atoms with Crippen LogP contribution in [-0.4, -0.2) is 51.2 Å². The van der Waals surface area contributed by atoms with E-state index in [1.807, 2.05) is 38.0 Å². The molecule has 0 amide bonds. The molecule has 0 radical (unpaired) electrons. The van der Waals surface area contributed by atoms with Crippen LogP contribution in [0, 0.1) is 6.92 Å². The van der Waals surface area contributed by atoms with Crippen molar-refractivity contribution in [2.45, 2.75) is 19.8 Å². The minimum absolute atomic E-state index is 0.141. The van der Waals surface area contributed by atoms with Gasteiger partial charge in [-0.3, -0.25) is 4.79 Å². The van der Waals surface area contributed by atoms with Gasteiger partial charge in [0, 0.05) is 40.2 Å². The third kappa shape index (κ3) is 4.68. The molecular weight excluding hydrogens is 317 g/mol. The Morgan fingerprint density at radius 2 is 1.52 bits per heavy atom. The number of nitrogens with zero attached hydrogens (tertiary/aromatic N) is 4. The fourth-order valence-electron chi connectivity index (χ4n) is 2.59. The first kappa shape index (κ1) is 18.7. The number of ether oxygens (including phenoxy) is 1. The van der Waals surface area contributed by atoms with Crippen LogP contribution in [-0.2, 0) is 22.4 Å². The second-order valence-corrected chi connectivity index (χ2v) is 6.47. The highest BCUT2D eigenvalue weighted by Crippen LogP contribution is 2.27. The first-order valence-electron chi connectivity index (χ1n) is 8.18. The number of hydrogen-bond acceptors (Lipinski definition) is 6. The van der Waals surface area contributed by atoms with Crippen LogP contribution >= 0.6 is 0 Å². The minimum atomic E-state index is -0.305. The van der Waals surface area contributed by atoms with Crippen molar-refractivity contribution in [3.05, 3.63) is 46.8 Å². The van der Waals surface area contributed by atoms with Gasteiger partial charge >= 0.3 is 5.97 Å². The fraction of sp³-hybridized carbons (Fsp3) is 0.421. The van der Waals surface area contributed by atoms with E-state index in [1.54, 1.807) is 0 Å². The summed E-state index contributed by atoms with van der Waals surface area (Å²) in [6.07, 6.45) is 0.781. The lowest BCUT2D eigenvalue weighted by molar-refractivity contribution is -0.139. The third-order valence-corrected chi connectivity index (χ3v) is 3.89. The summed E-state index contributed by atoms with van der Waals surface area (Å²) in [6, 6.07) is 8.35. The summed E-state index contributed by atoms with van der Waals surface area (Å²) in [6.45, 7) is 2.07. The molecule has 6 heteroatoms. The lowest BCUT2D eigenvalue weighted by Gasteiger charge is -2.23. The quantitative estimate of drug-likeness (QED) is 0.750. The molecule has 1 heterocycles. The van der Waals surface area contributed by atoms with E-state index in [9.17, 15) is 4.79 Å². The first-order chi connectivity index (χ1) is 11.8. The Balaban J connectivity index is 2.48. The van der Waals surface area contributed by atoms with Crippen molar-refractivity contribution in [1.29, 1.82) is 0 Å². The fourth-order valence-corrected chi connectivity index (χ4v) is 2.59. The van der Waals surface area contributed by atoms with Gasteiger partial charge in [0.05, 0.1) is 13.5 Å². The van der Waals surface area contributed by atoms with Crippen LogP contribution in [0.1, 0.15) is 22.5 Å². The number of aromatic nitrogens is 2. The van der Waals surface area contributed by atoms with Crippen molar-refractivity contribution in [2.75, 3.05) is 45.1 Å². The van der Waals surface area contributed by atoms with Gasteiger partial charge in [-0.2, -0.15) is 0 Å². The van der Waals surface area contributed by atoms with Crippen LogP contribution in [0.5, 0.6) is 0 Å². The van der Waals surface area contributed by atoms with Crippen molar-refractivity contribution >= 4 is 17.6 Å². The number of carbonyl (C=O) groups is 1. The molecular formula is C19H26N4O2. The number of esters is 1. The number of rotatable bonds is 6. The number of hydrogen-bond donors (Lipinski definition) is 0. The lowest BCUT2D eigenvalue weighted by atomic mass is 10.1. The highest BCUT2D eigenvalue weighted by molar-refractivity contribution is 5.77. The summed E-state index contributed by atoms with van der Waals surface area (Å²) >= 11 is 0. The average molecular weight is 343 g/mol. The molecule has 0 aliphatic carbocycles. The van der Waals surface area contributed by atoms with E-state index in [2.05, 4.69) is 31.2 Å². The summed E-state index contributed by atoms with van der Waals surface area (Å²) in [5.41, 5.74) is 3.15. The largest absolute Gasteiger partial charge is 0.469 e. The number of methoxy groups -OCH3 is 1. The third-order valence-electron chi connectivity index (χ3n) is 3.89. The molecule has 1 aromatic heterocycles. The number of anilines is 2. The zero-order chi connectivity index (χ0) is 18.6. The molecule has 0 aliphatic rings. The van der Waals surface area contributed by atoms with E-state index in [0.29, 0.717) is 6.42 Å². The lowest BCUT2D eigenvalue weighted by Crippen LogP contribution is -2.23. The van der Waals surface area contributed by atoms with Crippen LogP contribution in [0.3, 0.4) is 0 Å². The Bertz CT molecular complexity index is 711. The van der Waals surface area contributed by atoms with Gasteiger partial charge in [-0.15, -0.1) is 0 Å². The highest BCUT2D eigenvalue weighted by Gasteiger charge is 2.20. The molecule has 0 saturated heterocycles. The van der Waals surface area contributed by atoms with E-state index in [0.717, 1.165) is 28.6 Å². The van der Waals surface area contributed by atoms with Crippen molar-refractivity contribution in [1.82, 2.24) is 9.97 Å². The number of aryl methyl sites for hydroxylation is 1. The van der Waals surface area contributed by atoms with Crippen LogP contribution in [0.2, 0.25) is 0 Å². The van der Waals surface area contributed by atoms with Crippen LogP contribution < -0.4 is 9.80 Å². The zero-order valence-electron chi connectivity index (χ0n) is 15.8. The van der Waals surface area contributed by atoms with Crippen molar-refractivity contribution in [2.24, 2.45) is 0 Å². The maximum atomic E-state index is 11.8. The Kier molecular flexibility index (Phi) is 5.96. The minimum Gasteiger partial charge on any atom is -0.469 e. The smallest absolute Gasteiger partial charge is 0.310 e. The van der Waals surface area contributed by atoms with E-state index < -0.39 is 0 Å². The molecule has 0 N–H and O–H groups in total. The Morgan fingerprint density at radius 3 is 1.96 bits per heavy atom. The van der Waals surface area contributed by atoms with Gasteiger partial charge in [0.1, 0.15) is 17.5 Å². The molecule has 0 atom stereocenters. The van der Waals surface area contributed by atoms with Crippen molar-refractivity contribution in [3.63, 3.8) is 0 Å². The molecule has 0 unspecified atom stereocenters. The monoisotopic (exact) mass is 343 g/mol. The second-order valence-electron chi connectivity index (χ2n) is 6.47. The van der Waals surface area contributed by atoms with E-state index in [4.69, 9.17) is 14.7 Å². The summed E-state index contributed by atoms with van der Waals surface area (Å²) in [4.78, 5) is 25.0. The molecule has 0 saturated carbocycles. The summed E-state index contributed by atoms with van der Waals surface area (Å²) < 4.78 is 4.83. The van der Waals surface area contributed by atoms with Gasteiger partial charge in [0.25, 0.3) is 0 Å². The molecule has 2 rings (SSSR count). The van der Waals surface area contributed by atoms with Crippen LogP contribution in [0.15, 0.2) is 24.3 Å². The maximum absolute atomic E-state index is 11.8. The second kappa shape index (κ2) is 7.96. The molecule has 1 aromatic carbocycles. The van der Waals surface area contributed by atoms with Gasteiger partial charge in [0.2, 0.25) is 0 Å². The van der Waals surface area contributed by atoms with E-state index >= 15 is 0 Å². The first-order valence-corrected chi connectivity index (χ1v) is 8.18. The molecule has 134 valence electrons. The van der Waals surface area contributed by atoms with Crippen LogP contribution in [0.4, 0.5) is 11.6 Å². The van der Waals surface area contributed by atoms with E-state index in [1.165, 1.54) is 12.7 Å². The van der Waals surface area contributed by atoms with Gasteiger partial charge in [-0.25, -0.2) is 9.97 Å². The summed E-state index contributed by atoms with van der Waals surface area (Å²) in [5.74, 6) is 1.91. The molecule has 0 aliphatic heterocycles. The summed E-state index contributed by atoms with van der Waals surface area (Å²) in [5, 5.41) is 0. The Hall–Kier alpha value is -2.63. The Morgan fingerprint density at radius 1 is 1.00 bits per heavy atom. The number of benzene rings is 1. The topological polar surface area (TPSA) is 58.6 Å². The molecule has 25 heavy (non-hydrogen) atoms. The van der Waals surface area contributed by atoms with Gasteiger partial charge < -0.3 is 14.5 Å². The summed E-state index contributed by atoms with van der Waals surface area (Å²) in [7, 11) is 9.05.